The van der Waals surface area contributed by atoms with Crippen LogP contribution in [0.3, 0.4) is 0 Å². The third-order valence-electron chi connectivity index (χ3n) is 5.16. The largest absolute Gasteiger partial charge is 0.371 e. The van der Waals surface area contributed by atoms with Crippen molar-refractivity contribution in [3.8, 4) is 0 Å². The van der Waals surface area contributed by atoms with E-state index in [4.69, 9.17) is 28.9 Å². The van der Waals surface area contributed by atoms with Crippen molar-refractivity contribution in [2.45, 2.75) is 23.8 Å². The molecule has 25 heavy (non-hydrogen) atoms. The number of pyridine rings is 1. The molecule has 1 atom stereocenters. The minimum absolute atomic E-state index is 0.298. The highest BCUT2D eigenvalue weighted by Gasteiger charge is 2.39. The summed E-state index contributed by atoms with van der Waals surface area (Å²) < 4.78 is 0. The quantitative estimate of drug-likeness (QED) is 0.663. The highest BCUT2D eigenvalue weighted by Crippen LogP contribution is 2.41. The van der Waals surface area contributed by atoms with Gasteiger partial charge in [-0.25, -0.2) is 4.98 Å². The molecule has 0 bridgehead atoms. The molecule has 1 saturated heterocycles. The Labute approximate surface area is 156 Å². The number of fused-ring (bicyclic) bond motifs is 1. The van der Waals surface area contributed by atoms with Crippen LogP contribution in [-0.2, 0) is 0 Å². The monoisotopic (exact) mass is 374 g/mol. The lowest BCUT2D eigenvalue weighted by atomic mass is 9.82. The predicted molar refractivity (Wildman–Crippen MR) is 105 cm³/mol. The first-order valence-electron chi connectivity index (χ1n) is 8.43. The molecule has 4 nitrogen and oxygen atoms in total. The van der Waals surface area contributed by atoms with E-state index in [1.165, 1.54) is 5.69 Å². The highest BCUT2D eigenvalue weighted by molar-refractivity contribution is 6.33. The first-order chi connectivity index (χ1) is 12.1. The summed E-state index contributed by atoms with van der Waals surface area (Å²) in [6.07, 6.45) is 5.37. The van der Waals surface area contributed by atoms with E-state index >= 15 is 0 Å². The number of hydrogen-bond acceptors (Lipinski definition) is 3. The van der Waals surface area contributed by atoms with E-state index in [9.17, 15) is 0 Å². The second-order valence-corrected chi connectivity index (χ2v) is 7.52. The number of piperidine rings is 1. The molecule has 0 saturated carbocycles. The molecule has 0 aliphatic carbocycles. The van der Waals surface area contributed by atoms with E-state index < -0.39 is 5.54 Å². The van der Waals surface area contributed by atoms with Gasteiger partial charge in [0.2, 0.25) is 0 Å². The van der Waals surface area contributed by atoms with Crippen LogP contribution in [0.15, 0.2) is 48.8 Å². The van der Waals surface area contributed by atoms with Crippen LogP contribution in [0.2, 0.25) is 5.02 Å². The molecule has 2 aromatic heterocycles. The van der Waals surface area contributed by atoms with Crippen LogP contribution in [0.1, 0.15) is 23.8 Å². The second kappa shape index (κ2) is 6.52. The number of anilines is 1. The van der Waals surface area contributed by atoms with Crippen molar-refractivity contribution in [1.82, 2.24) is 9.97 Å². The molecule has 3 heterocycles. The summed E-state index contributed by atoms with van der Waals surface area (Å²) in [4.78, 5) is 9.88. The van der Waals surface area contributed by atoms with E-state index in [1.807, 2.05) is 36.7 Å². The van der Waals surface area contributed by atoms with Gasteiger partial charge in [-0.2, -0.15) is 0 Å². The minimum atomic E-state index is -0.465. The van der Waals surface area contributed by atoms with Crippen molar-refractivity contribution in [3.05, 3.63) is 59.4 Å². The van der Waals surface area contributed by atoms with E-state index in [-0.39, 0.29) is 5.38 Å². The molecule has 6 heteroatoms. The van der Waals surface area contributed by atoms with Crippen molar-refractivity contribution in [2.75, 3.05) is 18.0 Å². The van der Waals surface area contributed by atoms with Crippen LogP contribution in [0.25, 0.3) is 11.0 Å². The fourth-order valence-corrected chi connectivity index (χ4v) is 4.34. The van der Waals surface area contributed by atoms with Crippen LogP contribution >= 0.6 is 23.2 Å². The zero-order valence-electron chi connectivity index (χ0n) is 13.8. The summed E-state index contributed by atoms with van der Waals surface area (Å²) in [7, 11) is 0. The molecule has 1 aromatic carbocycles. The Morgan fingerprint density at radius 3 is 2.68 bits per heavy atom. The van der Waals surface area contributed by atoms with Gasteiger partial charge in [0.1, 0.15) is 5.65 Å². The van der Waals surface area contributed by atoms with Crippen molar-refractivity contribution >= 4 is 39.9 Å². The number of hydrogen-bond donors (Lipinski definition) is 2. The lowest BCUT2D eigenvalue weighted by Gasteiger charge is -2.43. The normalized spacial score (nSPS) is 18.4. The van der Waals surface area contributed by atoms with Gasteiger partial charge in [-0.05, 0) is 36.6 Å². The van der Waals surface area contributed by atoms with Gasteiger partial charge >= 0.3 is 0 Å². The van der Waals surface area contributed by atoms with Crippen molar-refractivity contribution in [2.24, 2.45) is 5.73 Å². The lowest BCUT2D eigenvalue weighted by molar-refractivity contribution is 0.322. The van der Waals surface area contributed by atoms with Crippen LogP contribution < -0.4 is 10.6 Å². The van der Waals surface area contributed by atoms with Gasteiger partial charge < -0.3 is 15.6 Å². The first kappa shape index (κ1) is 16.7. The van der Waals surface area contributed by atoms with Gasteiger partial charge in [0, 0.05) is 47.1 Å². The van der Waals surface area contributed by atoms with E-state index in [1.54, 1.807) is 0 Å². The number of nitrogens with one attached hydrogen (secondary N) is 1. The minimum Gasteiger partial charge on any atom is -0.371 e. The third-order valence-corrected chi connectivity index (χ3v) is 6.17. The molecule has 0 radical (unpaired) electrons. The summed E-state index contributed by atoms with van der Waals surface area (Å²) in [5, 5.41) is 1.52. The maximum absolute atomic E-state index is 6.76. The fourth-order valence-electron chi connectivity index (χ4n) is 3.63. The Balaban J connectivity index is 1.54. The van der Waals surface area contributed by atoms with Crippen LogP contribution in [0.5, 0.6) is 0 Å². The van der Waals surface area contributed by atoms with Gasteiger partial charge in [0.15, 0.2) is 0 Å². The zero-order valence-corrected chi connectivity index (χ0v) is 15.3. The van der Waals surface area contributed by atoms with Gasteiger partial charge in [0.25, 0.3) is 0 Å². The highest BCUT2D eigenvalue weighted by atomic mass is 35.5. The maximum atomic E-state index is 6.76. The molecule has 4 rings (SSSR count). The molecule has 3 N–H and O–H groups in total. The number of H-pyrrole nitrogens is 1. The number of benzene rings is 1. The predicted octanol–water partition coefficient (Wildman–Crippen LogP) is 4.49. The van der Waals surface area contributed by atoms with Crippen LogP contribution in [0, 0.1) is 0 Å². The second-order valence-electron chi connectivity index (χ2n) is 6.67. The summed E-state index contributed by atoms with van der Waals surface area (Å²) in [6.45, 7) is 1.71. The molecular formula is C19H20Cl2N4. The van der Waals surface area contributed by atoms with Gasteiger partial charge in [-0.15, -0.1) is 11.6 Å². The van der Waals surface area contributed by atoms with Crippen LogP contribution in [-0.4, -0.2) is 28.6 Å². The number of aromatic nitrogens is 2. The summed E-state index contributed by atoms with van der Waals surface area (Å²) in [5.41, 5.74) is 9.25. The van der Waals surface area contributed by atoms with Gasteiger partial charge in [-0.3, -0.25) is 0 Å². The molecule has 1 aliphatic heterocycles. The van der Waals surface area contributed by atoms with Crippen molar-refractivity contribution in [3.63, 3.8) is 0 Å². The maximum Gasteiger partial charge on any atom is 0.139 e. The van der Waals surface area contributed by atoms with Gasteiger partial charge in [-0.1, -0.05) is 29.8 Å². The third kappa shape index (κ3) is 2.99. The Morgan fingerprint density at radius 1 is 1.16 bits per heavy atom. The Morgan fingerprint density at radius 2 is 1.92 bits per heavy atom. The first-order valence-corrected chi connectivity index (χ1v) is 9.24. The summed E-state index contributed by atoms with van der Waals surface area (Å²) in [6, 6.07) is 11.8. The summed E-state index contributed by atoms with van der Waals surface area (Å²) in [5.74, 6) is 0. The molecule has 1 fully saturated rings. The van der Waals surface area contributed by atoms with E-state index in [2.05, 4.69) is 27.0 Å². The number of aromatic amines is 1. The number of rotatable bonds is 3. The smallest absolute Gasteiger partial charge is 0.139 e. The Hall–Kier alpha value is -1.75. The SMILES string of the molecule is NC1(C(Cl)c2ccccc2Cl)CCN(c2ccnc3[nH]ccc23)CC1. The van der Waals surface area contributed by atoms with Crippen molar-refractivity contribution in [1.29, 1.82) is 0 Å². The number of halogens is 2. The molecule has 0 amide bonds. The number of alkyl halides is 1. The van der Waals surface area contributed by atoms with Crippen LogP contribution in [0.4, 0.5) is 5.69 Å². The van der Waals surface area contributed by atoms with E-state index in [0.717, 1.165) is 42.5 Å². The fraction of sp³-hybridized carbons (Fsp3) is 0.316. The molecule has 1 unspecified atom stereocenters. The molecule has 130 valence electrons. The topological polar surface area (TPSA) is 57.9 Å². The van der Waals surface area contributed by atoms with Gasteiger partial charge in [0.05, 0.1) is 5.38 Å². The summed E-state index contributed by atoms with van der Waals surface area (Å²) >= 11 is 13.1. The Kier molecular flexibility index (Phi) is 4.36. The lowest BCUT2D eigenvalue weighted by Crippen LogP contribution is -2.53. The van der Waals surface area contributed by atoms with E-state index in [0.29, 0.717) is 5.02 Å². The molecule has 1 aliphatic rings. The zero-order chi connectivity index (χ0) is 17.4. The molecular weight excluding hydrogens is 355 g/mol. The number of nitrogens with zero attached hydrogens (tertiary/aromatic N) is 2. The molecule has 3 aromatic rings. The molecule has 0 spiro atoms. The number of nitrogens with two attached hydrogens (primary N) is 1. The standard InChI is InChI=1S/C19H20Cl2N4/c20-15-4-2-1-3-13(15)17(21)19(22)7-11-25(12-8-19)16-6-10-24-18-14(16)5-9-23-18/h1-6,9-10,17H,7-8,11-12,22H2,(H,23,24). The average molecular weight is 375 g/mol. The Bertz CT molecular complexity index is 884. The van der Waals surface area contributed by atoms with Crippen molar-refractivity contribution < 1.29 is 0 Å². The average Bonchev–Trinajstić information content (AvgIpc) is 3.11.